The van der Waals surface area contributed by atoms with Crippen LogP contribution in [0.2, 0.25) is 0 Å². The average molecular weight is 281 g/mol. The Balaban J connectivity index is 4.84. The molecule has 0 aromatic carbocycles. The predicted octanol–water partition coefficient (Wildman–Crippen LogP) is 2.36. The molecule has 110 valence electrons. The van der Waals surface area contributed by atoms with E-state index in [2.05, 4.69) is 0 Å². The Morgan fingerprint density at radius 1 is 1.26 bits per heavy atom. The number of carboxylic acid groups (broad SMARTS) is 1. The van der Waals surface area contributed by atoms with E-state index in [-0.39, 0.29) is 5.92 Å². The highest BCUT2D eigenvalue weighted by molar-refractivity contribution is 5.82. The minimum atomic E-state index is -4.95. The van der Waals surface area contributed by atoms with E-state index in [4.69, 9.17) is 5.11 Å². The third kappa shape index (κ3) is 6.26. The molecule has 0 saturated carbocycles. The molecule has 4 nitrogen and oxygen atoms in total. The summed E-state index contributed by atoms with van der Waals surface area (Å²) in [4.78, 5) is 21.5. The first-order valence-corrected chi connectivity index (χ1v) is 5.88. The predicted molar refractivity (Wildman–Crippen MR) is 63.4 cm³/mol. The monoisotopic (exact) mass is 281 g/mol. The zero-order valence-electron chi connectivity index (χ0n) is 11.0. The van der Waals surface area contributed by atoms with Crippen molar-refractivity contribution in [2.45, 2.75) is 39.4 Å². The molecule has 0 saturated heterocycles. The maximum Gasteiger partial charge on any atom is 0.471 e. The number of carbonyl (C=O) groups is 2. The van der Waals surface area contributed by atoms with E-state index in [9.17, 15) is 22.8 Å². The summed E-state index contributed by atoms with van der Waals surface area (Å²) in [7, 11) is 0. The van der Waals surface area contributed by atoms with Crippen molar-refractivity contribution in [3.63, 3.8) is 0 Å². The number of carboxylic acids is 1. The summed E-state index contributed by atoms with van der Waals surface area (Å²) in [6, 6.07) is -0.846. The van der Waals surface area contributed by atoms with E-state index in [0.717, 1.165) is 0 Å². The van der Waals surface area contributed by atoms with Gasteiger partial charge in [0, 0.05) is 6.04 Å². The summed E-state index contributed by atoms with van der Waals surface area (Å²) >= 11 is 0. The van der Waals surface area contributed by atoms with Crippen LogP contribution in [0, 0.1) is 11.8 Å². The lowest BCUT2D eigenvalue weighted by atomic mass is 9.97. The van der Waals surface area contributed by atoms with Gasteiger partial charge in [0.25, 0.3) is 0 Å². The van der Waals surface area contributed by atoms with Crippen LogP contribution >= 0.6 is 0 Å². The molecule has 0 aliphatic heterocycles. The van der Waals surface area contributed by atoms with Crippen molar-refractivity contribution in [3.05, 3.63) is 12.2 Å². The second kappa shape index (κ2) is 7.16. The zero-order valence-corrected chi connectivity index (χ0v) is 11.0. The van der Waals surface area contributed by atoms with Crippen molar-refractivity contribution in [2.75, 3.05) is 0 Å². The third-order valence-electron chi connectivity index (χ3n) is 2.81. The van der Waals surface area contributed by atoms with Gasteiger partial charge in [0.1, 0.15) is 0 Å². The van der Waals surface area contributed by atoms with Gasteiger partial charge >= 0.3 is 18.1 Å². The summed E-state index contributed by atoms with van der Waals surface area (Å²) in [5.41, 5.74) is 0. The number of carbonyl (C=O) groups excluding carboxylic acids is 1. The largest absolute Gasteiger partial charge is 0.481 e. The molecular formula is C12H18F3NO3. The highest BCUT2D eigenvalue weighted by Gasteiger charge is 2.39. The normalized spacial score (nSPS) is 16.9. The number of alkyl halides is 3. The quantitative estimate of drug-likeness (QED) is 0.734. The van der Waals surface area contributed by atoms with Crippen molar-refractivity contribution in [3.8, 4) is 0 Å². The maximum atomic E-state index is 12.2. The SMILES string of the molecule is CC[C@H](C)[C@@H](/C=C/[C@@H](C)C(=O)O)NC(=O)C(F)(F)F. The molecule has 1 amide bonds. The van der Waals surface area contributed by atoms with E-state index in [0.29, 0.717) is 6.42 Å². The molecule has 0 radical (unpaired) electrons. The van der Waals surface area contributed by atoms with Crippen LogP contribution in [-0.4, -0.2) is 29.2 Å². The molecule has 0 spiro atoms. The van der Waals surface area contributed by atoms with Crippen molar-refractivity contribution < 1.29 is 27.9 Å². The van der Waals surface area contributed by atoms with E-state index in [1.54, 1.807) is 13.8 Å². The molecule has 2 N–H and O–H groups in total. The van der Waals surface area contributed by atoms with Gasteiger partial charge in [0.2, 0.25) is 0 Å². The van der Waals surface area contributed by atoms with Crippen LogP contribution in [0.5, 0.6) is 0 Å². The van der Waals surface area contributed by atoms with Crippen LogP contribution < -0.4 is 5.32 Å². The lowest BCUT2D eigenvalue weighted by molar-refractivity contribution is -0.174. The Kier molecular flexibility index (Phi) is 6.58. The average Bonchev–Trinajstić information content (AvgIpc) is 2.31. The Morgan fingerprint density at radius 2 is 1.79 bits per heavy atom. The zero-order chi connectivity index (χ0) is 15.2. The second-order valence-corrected chi connectivity index (χ2v) is 4.39. The fourth-order valence-electron chi connectivity index (χ4n) is 1.24. The van der Waals surface area contributed by atoms with Gasteiger partial charge in [-0.1, -0.05) is 32.4 Å². The Morgan fingerprint density at radius 3 is 2.16 bits per heavy atom. The van der Waals surface area contributed by atoms with Crippen molar-refractivity contribution in [1.82, 2.24) is 5.32 Å². The first kappa shape index (κ1) is 17.5. The fourth-order valence-corrected chi connectivity index (χ4v) is 1.24. The summed E-state index contributed by atoms with van der Waals surface area (Å²) in [5.74, 6) is -4.16. The minimum absolute atomic E-state index is 0.233. The summed E-state index contributed by atoms with van der Waals surface area (Å²) in [6.45, 7) is 4.85. The summed E-state index contributed by atoms with van der Waals surface area (Å²) < 4.78 is 36.5. The molecule has 0 bridgehead atoms. The van der Waals surface area contributed by atoms with Gasteiger partial charge in [0.05, 0.1) is 5.92 Å². The standard InChI is InChI=1S/C12H18F3NO3/c1-4-7(2)9(6-5-8(3)10(17)18)16-11(19)12(13,14)15/h5-9H,4H2,1-3H3,(H,16,19)(H,17,18)/b6-5+/t7-,8+,9+/m0/s1. The number of halogens is 3. The second-order valence-electron chi connectivity index (χ2n) is 4.39. The van der Waals surface area contributed by atoms with Crippen molar-refractivity contribution in [1.29, 1.82) is 0 Å². The van der Waals surface area contributed by atoms with Gasteiger partial charge in [-0.2, -0.15) is 13.2 Å². The van der Waals surface area contributed by atoms with E-state index < -0.39 is 30.0 Å². The molecular weight excluding hydrogens is 263 g/mol. The van der Waals surface area contributed by atoms with Crippen molar-refractivity contribution in [2.24, 2.45) is 11.8 Å². The smallest absolute Gasteiger partial charge is 0.471 e. The van der Waals surface area contributed by atoms with Gasteiger partial charge in [-0.3, -0.25) is 9.59 Å². The van der Waals surface area contributed by atoms with E-state index in [1.165, 1.54) is 19.1 Å². The Hall–Kier alpha value is -1.53. The lowest BCUT2D eigenvalue weighted by Gasteiger charge is -2.22. The molecule has 0 fully saturated rings. The van der Waals surface area contributed by atoms with Gasteiger partial charge in [0.15, 0.2) is 0 Å². The van der Waals surface area contributed by atoms with Crippen LogP contribution in [-0.2, 0) is 9.59 Å². The Labute approximate surface area is 109 Å². The van der Waals surface area contributed by atoms with Crippen LogP contribution in [0.25, 0.3) is 0 Å². The molecule has 0 aliphatic carbocycles. The molecule has 7 heteroatoms. The Bertz CT molecular complexity index is 353. The molecule has 0 aliphatic rings. The van der Waals surface area contributed by atoms with Gasteiger partial charge < -0.3 is 10.4 Å². The highest BCUT2D eigenvalue weighted by atomic mass is 19.4. The number of amides is 1. The number of aliphatic carboxylic acids is 1. The van der Waals surface area contributed by atoms with E-state index in [1.807, 2.05) is 5.32 Å². The minimum Gasteiger partial charge on any atom is -0.481 e. The molecule has 0 heterocycles. The van der Waals surface area contributed by atoms with E-state index >= 15 is 0 Å². The first-order valence-electron chi connectivity index (χ1n) is 5.88. The van der Waals surface area contributed by atoms with Crippen LogP contribution in [0.15, 0.2) is 12.2 Å². The van der Waals surface area contributed by atoms with Gasteiger partial charge in [-0.25, -0.2) is 0 Å². The summed E-state index contributed by atoms with van der Waals surface area (Å²) in [5, 5.41) is 10.5. The number of hydrogen-bond donors (Lipinski definition) is 2. The number of rotatable bonds is 6. The van der Waals surface area contributed by atoms with Crippen LogP contribution in [0.4, 0.5) is 13.2 Å². The molecule has 0 aromatic heterocycles. The number of hydrogen-bond acceptors (Lipinski definition) is 2. The topological polar surface area (TPSA) is 66.4 Å². The molecule has 3 atom stereocenters. The molecule has 0 rings (SSSR count). The highest BCUT2D eigenvalue weighted by Crippen LogP contribution is 2.17. The van der Waals surface area contributed by atoms with Crippen LogP contribution in [0.3, 0.4) is 0 Å². The molecule has 0 aromatic rings. The summed E-state index contributed by atoms with van der Waals surface area (Å²) in [6.07, 6.45) is -1.82. The molecule has 0 unspecified atom stereocenters. The number of nitrogens with one attached hydrogen (secondary N) is 1. The van der Waals surface area contributed by atoms with Gasteiger partial charge in [-0.15, -0.1) is 0 Å². The fraction of sp³-hybridized carbons (Fsp3) is 0.667. The molecule has 19 heavy (non-hydrogen) atoms. The first-order chi connectivity index (χ1) is 8.59. The third-order valence-corrected chi connectivity index (χ3v) is 2.81. The van der Waals surface area contributed by atoms with Crippen molar-refractivity contribution >= 4 is 11.9 Å². The lowest BCUT2D eigenvalue weighted by Crippen LogP contribution is -2.45. The van der Waals surface area contributed by atoms with Gasteiger partial charge in [-0.05, 0) is 12.8 Å². The maximum absolute atomic E-state index is 12.2. The van der Waals surface area contributed by atoms with Crippen LogP contribution in [0.1, 0.15) is 27.2 Å².